The van der Waals surface area contributed by atoms with Gasteiger partial charge < -0.3 is 5.32 Å². The third-order valence-corrected chi connectivity index (χ3v) is 6.31. The van der Waals surface area contributed by atoms with E-state index in [2.05, 4.69) is 10.0 Å². The maximum atomic E-state index is 12.4. The number of sulfonamides is 1. The Balaban J connectivity index is 2.29. The van der Waals surface area contributed by atoms with Gasteiger partial charge in [0, 0.05) is 6.04 Å². The number of hydrogen-bond donors (Lipinski definition) is 2. The van der Waals surface area contributed by atoms with Crippen molar-refractivity contribution >= 4 is 44.6 Å². The molecule has 2 N–H and O–H groups in total. The maximum Gasteiger partial charge on any atom is 0.271 e. The molecule has 0 aliphatic heterocycles. The maximum absolute atomic E-state index is 12.4. The van der Waals surface area contributed by atoms with Crippen LogP contribution < -0.4 is 10.0 Å². The highest BCUT2D eigenvalue weighted by atomic mass is 35.5. The predicted octanol–water partition coefficient (Wildman–Crippen LogP) is 3.73. The second-order valence-electron chi connectivity index (χ2n) is 4.99. The number of carbonyl (C=O) groups excluding carboxylic acids is 1. The van der Waals surface area contributed by atoms with Crippen molar-refractivity contribution in [1.82, 2.24) is 5.32 Å². The second-order valence-corrected chi connectivity index (χ2v) is 8.62. The highest BCUT2D eigenvalue weighted by Crippen LogP contribution is 2.28. The average molecular weight is 373 g/mol. The molecule has 124 valence electrons. The fraction of sp³-hybridized carbons (Fsp3) is 0.267. The Hall–Kier alpha value is -1.57. The Labute approximate surface area is 144 Å². The number of halogens is 1. The third-order valence-electron chi connectivity index (χ3n) is 3.22. The van der Waals surface area contributed by atoms with E-state index in [9.17, 15) is 13.2 Å². The van der Waals surface area contributed by atoms with Gasteiger partial charge in [-0.25, -0.2) is 8.42 Å². The first-order valence-electron chi connectivity index (χ1n) is 7.01. The topological polar surface area (TPSA) is 75.3 Å². The molecular formula is C15H17ClN2O3S2. The van der Waals surface area contributed by atoms with Crippen LogP contribution in [0.25, 0.3) is 0 Å². The zero-order chi connectivity index (χ0) is 17.0. The lowest BCUT2D eigenvalue weighted by molar-refractivity contribution is 0.0940. The Bertz CT molecular complexity index is 803. The first-order chi connectivity index (χ1) is 10.8. The lowest BCUT2D eigenvalue weighted by Gasteiger charge is -2.15. The van der Waals surface area contributed by atoms with Crippen molar-refractivity contribution in [2.45, 2.75) is 30.5 Å². The quantitative estimate of drug-likeness (QED) is 0.811. The van der Waals surface area contributed by atoms with Gasteiger partial charge >= 0.3 is 0 Å². The predicted molar refractivity (Wildman–Crippen MR) is 93.8 cm³/mol. The average Bonchev–Trinajstić information content (AvgIpc) is 2.94. The van der Waals surface area contributed by atoms with Crippen LogP contribution in [0.5, 0.6) is 0 Å². The van der Waals surface area contributed by atoms with Gasteiger partial charge in [-0.2, -0.15) is 0 Å². The first kappa shape index (κ1) is 17.8. The van der Waals surface area contributed by atoms with Gasteiger partial charge in [0.25, 0.3) is 15.9 Å². The number of benzene rings is 1. The SMILES string of the molecule is CC[C@H](C)NC(=O)c1ccccc1NS(=O)(=O)c1ccc(Cl)s1. The fourth-order valence-electron chi connectivity index (χ4n) is 1.81. The first-order valence-corrected chi connectivity index (χ1v) is 9.69. The minimum Gasteiger partial charge on any atom is -0.350 e. The van der Waals surface area contributed by atoms with E-state index >= 15 is 0 Å². The number of carbonyl (C=O) groups is 1. The van der Waals surface area contributed by atoms with Crippen LogP contribution in [0.15, 0.2) is 40.6 Å². The minimum absolute atomic E-state index is 0.00302. The summed E-state index contributed by atoms with van der Waals surface area (Å²) in [5.41, 5.74) is 0.511. The summed E-state index contributed by atoms with van der Waals surface area (Å²) in [6.07, 6.45) is 0.785. The lowest BCUT2D eigenvalue weighted by atomic mass is 10.1. The molecule has 0 fully saturated rings. The molecule has 0 radical (unpaired) electrons. The monoisotopic (exact) mass is 372 g/mol. The molecule has 0 spiro atoms. The molecule has 2 aromatic rings. The van der Waals surface area contributed by atoms with Crippen LogP contribution in [0.2, 0.25) is 4.34 Å². The van der Waals surface area contributed by atoms with E-state index < -0.39 is 10.0 Å². The van der Waals surface area contributed by atoms with E-state index in [1.165, 1.54) is 12.1 Å². The van der Waals surface area contributed by atoms with Crippen LogP contribution in [0.1, 0.15) is 30.6 Å². The standard InChI is InChI=1S/C15H17ClN2O3S2/c1-3-10(2)17-15(19)11-6-4-5-7-12(11)18-23(20,21)14-9-8-13(16)22-14/h4-10,18H,3H2,1-2H3,(H,17,19)/t10-/m0/s1. The van der Waals surface area contributed by atoms with Crippen molar-refractivity contribution in [1.29, 1.82) is 0 Å². The number of anilines is 1. The zero-order valence-corrected chi connectivity index (χ0v) is 15.1. The molecule has 0 aliphatic rings. The summed E-state index contributed by atoms with van der Waals surface area (Å²) in [5.74, 6) is -0.318. The van der Waals surface area contributed by atoms with Gasteiger partial charge in [0.2, 0.25) is 0 Å². The fourth-order valence-corrected chi connectivity index (χ4v) is 4.37. The molecule has 0 saturated carbocycles. The van der Waals surface area contributed by atoms with Crippen LogP contribution in [-0.4, -0.2) is 20.4 Å². The van der Waals surface area contributed by atoms with Gasteiger partial charge in [0.1, 0.15) is 4.21 Å². The van der Waals surface area contributed by atoms with Crippen molar-refractivity contribution in [3.05, 3.63) is 46.3 Å². The van der Waals surface area contributed by atoms with Gasteiger partial charge in [0.15, 0.2) is 0 Å². The van der Waals surface area contributed by atoms with Crippen LogP contribution in [-0.2, 0) is 10.0 Å². The summed E-state index contributed by atoms with van der Waals surface area (Å²) in [5, 5.41) is 2.82. The highest BCUT2D eigenvalue weighted by Gasteiger charge is 2.20. The van der Waals surface area contributed by atoms with Crippen molar-refractivity contribution < 1.29 is 13.2 Å². The summed E-state index contributed by atoms with van der Waals surface area (Å²) >= 11 is 6.74. The molecule has 8 heteroatoms. The molecule has 2 rings (SSSR count). The normalized spacial score (nSPS) is 12.7. The van der Waals surface area contributed by atoms with Gasteiger partial charge in [0.05, 0.1) is 15.6 Å². The Morgan fingerprint density at radius 2 is 1.96 bits per heavy atom. The van der Waals surface area contributed by atoms with Gasteiger partial charge in [-0.1, -0.05) is 30.7 Å². The van der Waals surface area contributed by atoms with Crippen LogP contribution in [0, 0.1) is 0 Å². The summed E-state index contributed by atoms with van der Waals surface area (Å²) in [6.45, 7) is 3.85. The number of thiophene rings is 1. The van der Waals surface area contributed by atoms with Crippen LogP contribution in [0.4, 0.5) is 5.69 Å². The molecule has 1 heterocycles. The van der Waals surface area contributed by atoms with Crippen LogP contribution >= 0.6 is 22.9 Å². The van der Waals surface area contributed by atoms with E-state index in [-0.39, 0.29) is 27.4 Å². The smallest absolute Gasteiger partial charge is 0.271 e. The number of nitrogens with one attached hydrogen (secondary N) is 2. The Morgan fingerprint density at radius 1 is 1.26 bits per heavy atom. The second kappa shape index (κ2) is 7.33. The molecule has 1 atom stereocenters. The van der Waals surface area contributed by atoms with Gasteiger partial charge in [-0.15, -0.1) is 11.3 Å². The van der Waals surface area contributed by atoms with Gasteiger partial charge in [-0.05, 0) is 37.6 Å². The molecular weight excluding hydrogens is 356 g/mol. The van der Waals surface area contributed by atoms with Crippen molar-refractivity contribution in [2.75, 3.05) is 4.72 Å². The third kappa shape index (κ3) is 4.46. The summed E-state index contributed by atoms with van der Waals surface area (Å²) in [4.78, 5) is 12.3. The molecule has 0 saturated heterocycles. The van der Waals surface area contributed by atoms with E-state index in [4.69, 9.17) is 11.6 Å². The number of hydrogen-bond acceptors (Lipinski definition) is 4. The largest absolute Gasteiger partial charge is 0.350 e. The van der Waals surface area contributed by atoms with E-state index in [1.54, 1.807) is 24.3 Å². The molecule has 23 heavy (non-hydrogen) atoms. The lowest BCUT2D eigenvalue weighted by Crippen LogP contribution is -2.32. The number of rotatable bonds is 6. The van der Waals surface area contributed by atoms with Crippen molar-refractivity contribution in [2.24, 2.45) is 0 Å². The Morgan fingerprint density at radius 3 is 2.57 bits per heavy atom. The number of amides is 1. The Kier molecular flexibility index (Phi) is 5.67. The molecule has 0 unspecified atom stereocenters. The molecule has 1 aromatic heterocycles. The summed E-state index contributed by atoms with van der Waals surface area (Å²) < 4.78 is 27.7. The molecule has 1 aromatic carbocycles. The molecule has 1 amide bonds. The highest BCUT2D eigenvalue weighted by molar-refractivity contribution is 7.94. The van der Waals surface area contributed by atoms with Crippen molar-refractivity contribution in [3.63, 3.8) is 0 Å². The zero-order valence-electron chi connectivity index (χ0n) is 12.7. The summed E-state index contributed by atoms with van der Waals surface area (Å²) in [6, 6.07) is 9.43. The summed E-state index contributed by atoms with van der Waals surface area (Å²) in [7, 11) is -3.78. The van der Waals surface area contributed by atoms with E-state index in [0.717, 1.165) is 17.8 Å². The van der Waals surface area contributed by atoms with E-state index in [0.29, 0.717) is 4.34 Å². The van der Waals surface area contributed by atoms with E-state index in [1.807, 2.05) is 13.8 Å². The molecule has 0 bridgehead atoms. The molecule has 5 nitrogen and oxygen atoms in total. The van der Waals surface area contributed by atoms with Crippen molar-refractivity contribution in [3.8, 4) is 0 Å². The number of para-hydroxylation sites is 1. The molecule has 0 aliphatic carbocycles. The van der Waals surface area contributed by atoms with Gasteiger partial charge in [-0.3, -0.25) is 9.52 Å². The van der Waals surface area contributed by atoms with Crippen LogP contribution in [0.3, 0.4) is 0 Å². The minimum atomic E-state index is -3.78.